The minimum atomic E-state index is -4.58. The van der Waals surface area contributed by atoms with E-state index in [0.717, 1.165) is 29.2 Å². The van der Waals surface area contributed by atoms with Crippen LogP contribution in [0.4, 0.5) is 30.5 Å². The zero-order valence-corrected chi connectivity index (χ0v) is 17.3. The molecule has 166 valence electrons. The average Bonchev–Trinajstić information content (AvgIpc) is 2.84. The number of amides is 1. The van der Waals surface area contributed by atoms with E-state index >= 15 is 0 Å². The zero-order chi connectivity index (χ0) is 23.4. The van der Waals surface area contributed by atoms with Crippen LogP contribution in [0.3, 0.4) is 0 Å². The fourth-order valence-electron chi connectivity index (χ4n) is 2.99. The molecule has 3 aromatic heterocycles. The van der Waals surface area contributed by atoms with Gasteiger partial charge < -0.3 is 10.2 Å². The normalized spacial score (nSPS) is 11.2. The van der Waals surface area contributed by atoms with E-state index in [2.05, 4.69) is 25.3 Å². The van der Waals surface area contributed by atoms with Gasteiger partial charge in [0.2, 0.25) is 5.95 Å². The van der Waals surface area contributed by atoms with Crippen molar-refractivity contribution in [3.05, 3.63) is 90.6 Å². The Kier molecular flexibility index (Phi) is 5.99. The number of benzene rings is 1. The molecular formula is C23H17F3N6O. The van der Waals surface area contributed by atoms with Gasteiger partial charge in [0.15, 0.2) is 0 Å². The van der Waals surface area contributed by atoms with Crippen molar-refractivity contribution in [2.75, 3.05) is 17.3 Å². The number of anilines is 3. The van der Waals surface area contributed by atoms with Crippen molar-refractivity contribution in [2.24, 2.45) is 0 Å². The van der Waals surface area contributed by atoms with E-state index in [1.165, 1.54) is 0 Å². The SMILES string of the molecule is CN(c1ccc(NC(=O)c2cncc(C(F)(F)F)c2)cc1)c1nccc(-c2cccnc2)n1. The third-order valence-electron chi connectivity index (χ3n) is 4.74. The van der Waals surface area contributed by atoms with Gasteiger partial charge in [0.05, 0.1) is 16.8 Å². The first-order valence-electron chi connectivity index (χ1n) is 9.72. The van der Waals surface area contributed by atoms with Crippen LogP contribution in [0.5, 0.6) is 0 Å². The number of nitrogens with one attached hydrogen (secondary N) is 1. The minimum Gasteiger partial charge on any atom is -0.322 e. The predicted molar refractivity (Wildman–Crippen MR) is 117 cm³/mol. The van der Waals surface area contributed by atoms with Crippen molar-refractivity contribution in [1.82, 2.24) is 19.9 Å². The van der Waals surface area contributed by atoms with Gasteiger partial charge in [-0.05, 0) is 48.5 Å². The number of pyridine rings is 2. The minimum absolute atomic E-state index is 0.188. The largest absolute Gasteiger partial charge is 0.417 e. The maximum absolute atomic E-state index is 12.8. The van der Waals surface area contributed by atoms with Crippen LogP contribution in [-0.4, -0.2) is 32.9 Å². The van der Waals surface area contributed by atoms with Crippen LogP contribution in [0.25, 0.3) is 11.3 Å². The molecule has 1 aromatic carbocycles. The van der Waals surface area contributed by atoms with E-state index in [0.29, 0.717) is 17.8 Å². The van der Waals surface area contributed by atoms with Crippen molar-refractivity contribution in [3.63, 3.8) is 0 Å². The number of hydrogen-bond acceptors (Lipinski definition) is 6. The standard InChI is InChI=1S/C23H17F3N6O/c1-32(22-29-10-8-20(31-22)15-3-2-9-27-12-15)19-6-4-18(5-7-19)30-21(33)16-11-17(14-28-13-16)23(24,25)26/h2-14H,1H3,(H,30,33). The Labute approximate surface area is 187 Å². The van der Waals surface area contributed by atoms with Gasteiger partial charge in [0.25, 0.3) is 5.91 Å². The molecule has 0 aliphatic heterocycles. The van der Waals surface area contributed by atoms with Crippen molar-refractivity contribution in [3.8, 4) is 11.3 Å². The summed E-state index contributed by atoms with van der Waals surface area (Å²) in [5, 5.41) is 2.57. The van der Waals surface area contributed by atoms with Crippen LogP contribution < -0.4 is 10.2 Å². The first kappa shape index (κ1) is 21.9. The molecule has 1 amide bonds. The molecule has 0 saturated carbocycles. The van der Waals surface area contributed by atoms with Gasteiger partial charge in [-0.2, -0.15) is 13.2 Å². The van der Waals surface area contributed by atoms with Gasteiger partial charge >= 0.3 is 6.18 Å². The monoisotopic (exact) mass is 450 g/mol. The van der Waals surface area contributed by atoms with Crippen LogP contribution in [0.1, 0.15) is 15.9 Å². The molecule has 4 aromatic rings. The summed E-state index contributed by atoms with van der Waals surface area (Å²) in [6.45, 7) is 0. The number of carbonyl (C=O) groups excluding carboxylic acids is 1. The van der Waals surface area contributed by atoms with Crippen molar-refractivity contribution in [2.45, 2.75) is 6.18 Å². The first-order chi connectivity index (χ1) is 15.8. The van der Waals surface area contributed by atoms with Gasteiger partial charge in [0, 0.05) is 55.0 Å². The molecule has 0 fully saturated rings. The number of aromatic nitrogens is 4. The number of nitrogens with zero attached hydrogens (tertiary/aromatic N) is 5. The highest BCUT2D eigenvalue weighted by atomic mass is 19.4. The van der Waals surface area contributed by atoms with Gasteiger partial charge in [-0.1, -0.05) is 0 Å². The maximum Gasteiger partial charge on any atom is 0.417 e. The number of hydrogen-bond donors (Lipinski definition) is 1. The molecule has 0 aliphatic carbocycles. The van der Waals surface area contributed by atoms with E-state index in [1.54, 1.807) is 60.9 Å². The summed E-state index contributed by atoms with van der Waals surface area (Å²) in [5.74, 6) is -0.231. The fourth-order valence-corrected chi connectivity index (χ4v) is 2.99. The van der Waals surface area contributed by atoms with Crippen molar-refractivity contribution in [1.29, 1.82) is 0 Å². The maximum atomic E-state index is 12.8. The summed E-state index contributed by atoms with van der Waals surface area (Å²) in [6, 6.07) is 13.0. The second-order valence-electron chi connectivity index (χ2n) is 7.00. The lowest BCUT2D eigenvalue weighted by molar-refractivity contribution is -0.137. The molecule has 33 heavy (non-hydrogen) atoms. The molecule has 1 N–H and O–H groups in total. The molecule has 0 saturated heterocycles. The third kappa shape index (κ3) is 5.12. The number of alkyl halides is 3. The smallest absolute Gasteiger partial charge is 0.322 e. The molecule has 0 radical (unpaired) electrons. The second kappa shape index (κ2) is 9.03. The quantitative estimate of drug-likeness (QED) is 0.462. The summed E-state index contributed by atoms with van der Waals surface area (Å²) in [6.07, 6.45) is 2.22. The molecule has 0 bridgehead atoms. The van der Waals surface area contributed by atoms with E-state index in [9.17, 15) is 18.0 Å². The Bertz CT molecular complexity index is 1260. The Balaban J connectivity index is 1.48. The van der Waals surface area contributed by atoms with E-state index in [4.69, 9.17) is 0 Å². The van der Waals surface area contributed by atoms with Gasteiger partial charge in [0.1, 0.15) is 0 Å². The van der Waals surface area contributed by atoms with Crippen LogP contribution in [0, 0.1) is 0 Å². The topological polar surface area (TPSA) is 83.9 Å². The van der Waals surface area contributed by atoms with E-state index in [-0.39, 0.29) is 5.56 Å². The lowest BCUT2D eigenvalue weighted by Crippen LogP contribution is -2.15. The highest BCUT2D eigenvalue weighted by molar-refractivity contribution is 6.04. The molecule has 0 aliphatic rings. The third-order valence-corrected chi connectivity index (χ3v) is 4.74. The summed E-state index contributed by atoms with van der Waals surface area (Å²) in [7, 11) is 1.80. The van der Waals surface area contributed by atoms with Crippen molar-refractivity contribution < 1.29 is 18.0 Å². The molecule has 10 heteroatoms. The summed E-state index contributed by atoms with van der Waals surface area (Å²) < 4.78 is 38.5. The summed E-state index contributed by atoms with van der Waals surface area (Å²) in [5.41, 5.74) is 1.57. The Morgan fingerprint density at radius 1 is 0.970 bits per heavy atom. The molecule has 0 unspecified atom stereocenters. The summed E-state index contributed by atoms with van der Waals surface area (Å²) >= 11 is 0. The Morgan fingerprint density at radius 3 is 2.45 bits per heavy atom. The van der Waals surface area contributed by atoms with Gasteiger partial charge in [-0.15, -0.1) is 0 Å². The highest BCUT2D eigenvalue weighted by Gasteiger charge is 2.31. The molecule has 0 spiro atoms. The highest BCUT2D eigenvalue weighted by Crippen LogP contribution is 2.29. The lowest BCUT2D eigenvalue weighted by Gasteiger charge is -2.18. The zero-order valence-electron chi connectivity index (χ0n) is 17.3. The van der Waals surface area contributed by atoms with Crippen LogP contribution in [-0.2, 0) is 6.18 Å². The number of halogens is 3. The van der Waals surface area contributed by atoms with Gasteiger partial charge in [-0.3, -0.25) is 14.8 Å². The van der Waals surface area contributed by atoms with E-state index in [1.807, 2.05) is 12.1 Å². The Morgan fingerprint density at radius 2 is 1.76 bits per heavy atom. The van der Waals surface area contributed by atoms with Crippen LogP contribution in [0.2, 0.25) is 0 Å². The average molecular weight is 450 g/mol. The molecule has 7 nitrogen and oxygen atoms in total. The first-order valence-corrected chi connectivity index (χ1v) is 9.72. The van der Waals surface area contributed by atoms with Crippen LogP contribution in [0.15, 0.2) is 79.5 Å². The van der Waals surface area contributed by atoms with Crippen LogP contribution >= 0.6 is 0 Å². The molecule has 0 atom stereocenters. The summed E-state index contributed by atoms with van der Waals surface area (Å²) in [4.78, 5) is 30.6. The molecule has 3 heterocycles. The van der Waals surface area contributed by atoms with Crippen molar-refractivity contribution >= 4 is 23.2 Å². The number of rotatable bonds is 5. The predicted octanol–water partition coefficient (Wildman–Crippen LogP) is 4.97. The Hall–Kier alpha value is -4.34. The fraction of sp³-hybridized carbons (Fsp3) is 0.0870. The molecular weight excluding hydrogens is 433 g/mol. The van der Waals surface area contributed by atoms with E-state index < -0.39 is 17.6 Å². The lowest BCUT2D eigenvalue weighted by atomic mass is 10.2. The number of carbonyl (C=O) groups is 1. The van der Waals surface area contributed by atoms with Gasteiger partial charge in [-0.25, -0.2) is 9.97 Å². The second-order valence-corrected chi connectivity index (χ2v) is 7.00. The molecule has 4 rings (SSSR count).